The van der Waals surface area contributed by atoms with Crippen LogP contribution in [-0.4, -0.2) is 34.7 Å². The van der Waals surface area contributed by atoms with Gasteiger partial charge in [-0.05, 0) is 63.3 Å². The molecule has 0 amide bonds. The maximum absolute atomic E-state index is 10.2. The highest BCUT2D eigenvalue weighted by molar-refractivity contribution is 4.95. The van der Waals surface area contributed by atoms with Gasteiger partial charge in [0.2, 0.25) is 0 Å². The highest BCUT2D eigenvalue weighted by Crippen LogP contribution is 2.40. The Kier molecular flexibility index (Phi) is 4.19. The fourth-order valence-electron chi connectivity index (χ4n) is 5.32. The molecule has 3 fully saturated rings. The van der Waals surface area contributed by atoms with Crippen LogP contribution in [0.2, 0.25) is 0 Å². The number of hydrogen-bond donors (Lipinski definition) is 1. The summed E-state index contributed by atoms with van der Waals surface area (Å²) in [6.07, 6.45) is 10.4. The number of aliphatic hydroxyl groups is 1. The summed E-state index contributed by atoms with van der Waals surface area (Å²) in [7, 11) is 0. The lowest BCUT2D eigenvalue weighted by Gasteiger charge is -2.42. The molecule has 0 bridgehead atoms. The first-order chi connectivity index (χ1) is 9.15. The lowest BCUT2D eigenvalue weighted by molar-refractivity contribution is 0.0333. The predicted octanol–water partition coefficient (Wildman–Crippen LogP) is 3.44. The lowest BCUT2D eigenvalue weighted by Crippen LogP contribution is -2.47. The van der Waals surface area contributed by atoms with Crippen molar-refractivity contribution in [3.05, 3.63) is 0 Å². The first kappa shape index (κ1) is 13.9. The summed E-state index contributed by atoms with van der Waals surface area (Å²) < 4.78 is 0. The molecule has 2 saturated carbocycles. The van der Waals surface area contributed by atoms with Crippen LogP contribution < -0.4 is 0 Å². The Morgan fingerprint density at radius 2 is 1.63 bits per heavy atom. The van der Waals surface area contributed by atoms with Gasteiger partial charge in [-0.2, -0.15) is 0 Å². The summed E-state index contributed by atoms with van der Waals surface area (Å²) in [6.45, 7) is 6.15. The standard InChI is InChI=1S/C17H31NO/c1-12-9-13(2)11-14(10-12)18-8-4-6-16(18)15-5-3-7-17(15)19/h12-17,19H,3-11H2,1-2H3. The zero-order chi connectivity index (χ0) is 13.4. The average molecular weight is 265 g/mol. The molecule has 19 heavy (non-hydrogen) atoms. The lowest BCUT2D eigenvalue weighted by atomic mass is 9.79. The van der Waals surface area contributed by atoms with Crippen LogP contribution in [0.15, 0.2) is 0 Å². The van der Waals surface area contributed by atoms with E-state index in [4.69, 9.17) is 0 Å². The van der Waals surface area contributed by atoms with E-state index in [-0.39, 0.29) is 6.10 Å². The third kappa shape index (κ3) is 2.85. The molecule has 1 heterocycles. The van der Waals surface area contributed by atoms with Crippen LogP contribution in [0.25, 0.3) is 0 Å². The van der Waals surface area contributed by atoms with E-state index in [1.54, 1.807) is 0 Å². The van der Waals surface area contributed by atoms with E-state index < -0.39 is 0 Å². The molecule has 5 atom stereocenters. The molecule has 1 N–H and O–H groups in total. The predicted molar refractivity (Wildman–Crippen MR) is 79.0 cm³/mol. The molecule has 0 radical (unpaired) electrons. The Morgan fingerprint density at radius 3 is 2.26 bits per heavy atom. The fraction of sp³-hybridized carbons (Fsp3) is 1.00. The molecule has 110 valence electrons. The number of rotatable bonds is 2. The van der Waals surface area contributed by atoms with Gasteiger partial charge in [0.1, 0.15) is 0 Å². The molecule has 0 spiro atoms. The molecule has 1 saturated heterocycles. The topological polar surface area (TPSA) is 23.5 Å². The van der Waals surface area contributed by atoms with E-state index in [0.29, 0.717) is 12.0 Å². The largest absolute Gasteiger partial charge is 0.393 e. The molecular formula is C17H31NO. The Balaban J connectivity index is 1.68. The van der Waals surface area contributed by atoms with E-state index in [9.17, 15) is 5.11 Å². The van der Waals surface area contributed by atoms with Crippen molar-refractivity contribution >= 4 is 0 Å². The van der Waals surface area contributed by atoms with Crippen molar-refractivity contribution in [1.82, 2.24) is 4.90 Å². The Bertz CT molecular complexity index is 296. The van der Waals surface area contributed by atoms with Crippen LogP contribution in [0.4, 0.5) is 0 Å². The van der Waals surface area contributed by atoms with Gasteiger partial charge >= 0.3 is 0 Å². The van der Waals surface area contributed by atoms with Crippen molar-refractivity contribution in [3.8, 4) is 0 Å². The zero-order valence-corrected chi connectivity index (χ0v) is 12.7. The van der Waals surface area contributed by atoms with Crippen LogP contribution in [0.1, 0.15) is 65.2 Å². The SMILES string of the molecule is CC1CC(C)CC(N2CCCC2C2CCCC2O)C1. The molecule has 2 aliphatic carbocycles. The van der Waals surface area contributed by atoms with Crippen molar-refractivity contribution in [3.63, 3.8) is 0 Å². The van der Waals surface area contributed by atoms with Gasteiger partial charge in [0, 0.05) is 18.0 Å². The quantitative estimate of drug-likeness (QED) is 0.827. The van der Waals surface area contributed by atoms with Gasteiger partial charge in [0.15, 0.2) is 0 Å². The van der Waals surface area contributed by atoms with Crippen LogP contribution in [0.3, 0.4) is 0 Å². The minimum absolute atomic E-state index is 0.0102. The monoisotopic (exact) mass is 265 g/mol. The molecule has 3 aliphatic rings. The van der Waals surface area contributed by atoms with Crippen LogP contribution in [0.5, 0.6) is 0 Å². The van der Waals surface area contributed by atoms with Crippen molar-refractivity contribution in [1.29, 1.82) is 0 Å². The number of aliphatic hydroxyl groups excluding tert-OH is 1. The summed E-state index contributed by atoms with van der Waals surface area (Å²) in [6, 6.07) is 1.50. The molecule has 0 aromatic rings. The Morgan fingerprint density at radius 1 is 0.895 bits per heavy atom. The normalized spacial score (nSPS) is 48.8. The van der Waals surface area contributed by atoms with Crippen LogP contribution in [0, 0.1) is 17.8 Å². The van der Waals surface area contributed by atoms with Gasteiger partial charge in [0.25, 0.3) is 0 Å². The first-order valence-corrected chi connectivity index (χ1v) is 8.59. The molecule has 1 aliphatic heterocycles. The minimum atomic E-state index is -0.0102. The van der Waals surface area contributed by atoms with Gasteiger partial charge < -0.3 is 5.11 Å². The summed E-state index contributed by atoms with van der Waals surface area (Å²) in [5, 5.41) is 10.2. The summed E-state index contributed by atoms with van der Waals surface area (Å²) in [5.41, 5.74) is 0. The number of likely N-dealkylation sites (tertiary alicyclic amines) is 1. The van der Waals surface area contributed by atoms with Gasteiger partial charge in [-0.1, -0.05) is 20.3 Å². The van der Waals surface area contributed by atoms with E-state index in [2.05, 4.69) is 18.7 Å². The van der Waals surface area contributed by atoms with Gasteiger partial charge in [-0.25, -0.2) is 0 Å². The van der Waals surface area contributed by atoms with Crippen molar-refractivity contribution < 1.29 is 5.11 Å². The molecule has 0 aromatic carbocycles. The van der Waals surface area contributed by atoms with E-state index in [1.807, 2.05) is 0 Å². The Labute approximate surface area is 118 Å². The first-order valence-electron chi connectivity index (χ1n) is 8.59. The third-order valence-corrected chi connectivity index (χ3v) is 5.99. The molecular weight excluding hydrogens is 234 g/mol. The van der Waals surface area contributed by atoms with Gasteiger partial charge in [-0.15, -0.1) is 0 Å². The zero-order valence-electron chi connectivity index (χ0n) is 12.7. The summed E-state index contributed by atoms with van der Waals surface area (Å²) >= 11 is 0. The molecule has 5 unspecified atom stereocenters. The second kappa shape index (κ2) is 5.73. The van der Waals surface area contributed by atoms with Crippen LogP contribution >= 0.6 is 0 Å². The number of nitrogens with zero attached hydrogens (tertiary/aromatic N) is 1. The van der Waals surface area contributed by atoms with Crippen molar-refractivity contribution in [2.75, 3.05) is 6.54 Å². The smallest absolute Gasteiger partial charge is 0.0583 e. The maximum atomic E-state index is 10.2. The van der Waals surface area contributed by atoms with Gasteiger partial charge in [0.05, 0.1) is 6.10 Å². The average Bonchev–Trinajstić information content (AvgIpc) is 2.95. The third-order valence-electron chi connectivity index (χ3n) is 5.99. The van der Waals surface area contributed by atoms with Crippen LogP contribution in [-0.2, 0) is 0 Å². The second-order valence-electron chi connectivity index (χ2n) is 7.68. The number of hydrogen-bond acceptors (Lipinski definition) is 2. The maximum Gasteiger partial charge on any atom is 0.0583 e. The summed E-state index contributed by atoms with van der Waals surface area (Å²) in [4.78, 5) is 2.81. The Hall–Kier alpha value is -0.0800. The molecule has 2 heteroatoms. The second-order valence-corrected chi connectivity index (χ2v) is 7.68. The van der Waals surface area contributed by atoms with Crippen molar-refractivity contribution in [2.24, 2.45) is 17.8 Å². The molecule has 0 aromatic heterocycles. The van der Waals surface area contributed by atoms with E-state index in [1.165, 1.54) is 51.5 Å². The summed E-state index contributed by atoms with van der Waals surface area (Å²) in [5.74, 6) is 2.36. The highest BCUT2D eigenvalue weighted by Gasteiger charge is 2.41. The molecule has 3 rings (SSSR count). The van der Waals surface area contributed by atoms with Gasteiger partial charge in [-0.3, -0.25) is 4.90 Å². The fourth-order valence-corrected chi connectivity index (χ4v) is 5.32. The van der Waals surface area contributed by atoms with Crippen molar-refractivity contribution in [2.45, 2.75) is 83.4 Å². The van der Waals surface area contributed by atoms with E-state index in [0.717, 1.165) is 24.3 Å². The minimum Gasteiger partial charge on any atom is -0.393 e. The van der Waals surface area contributed by atoms with E-state index >= 15 is 0 Å². The molecule has 2 nitrogen and oxygen atoms in total. The highest BCUT2D eigenvalue weighted by atomic mass is 16.3.